The van der Waals surface area contributed by atoms with Crippen LogP contribution in [0.25, 0.3) is 0 Å². The van der Waals surface area contributed by atoms with Gasteiger partial charge in [0.15, 0.2) is 0 Å². The molecule has 5 nitrogen and oxygen atoms in total. The fraction of sp³-hybridized carbons (Fsp3) is 1.00. The largest absolute Gasteiger partial charge is 0.405 e. The monoisotopic (exact) mass is 532 g/mol. The summed E-state index contributed by atoms with van der Waals surface area (Å²) in [6.07, 6.45) is 27.8. The molecule has 0 bridgehead atoms. The zero-order chi connectivity index (χ0) is 26.6. The second-order valence-electron chi connectivity index (χ2n) is 10.9. The van der Waals surface area contributed by atoms with Gasteiger partial charge in [0, 0.05) is 6.54 Å². The first-order valence-electron chi connectivity index (χ1n) is 15.8. The molecule has 6 heteroatoms. The molecule has 0 amide bonds. The van der Waals surface area contributed by atoms with Gasteiger partial charge in [-0.25, -0.2) is 9.65 Å². The van der Waals surface area contributed by atoms with Crippen LogP contribution in [0.2, 0.25) is 0 Å². The molecule has 0 atom stereocenters. The third kappa shape index (κ3) is 27.1. The minimum atomic E-state index is -3.20. The normalized spacial score (nSPS) is 12.1. The van der Waals surface area contributed by atoms with E-state index in [2.05, 4.69) is 37.9 Å². The van der Waals surface area contributed by atoms with Gasteiger partial charge in [-0.3, -0.25) is 9.05 Å². The van der Waals surface area contributed by atoms with Crippen molar-refractivity contribution in [3.8, 4) is 0 Å². The van der Waals surface area contributed by atoms with Gasteiger partial charge >= 0.3 is 7.75 Å². The molecule has 0 unspecified atom stereocenters. The highest BCUT2D eigenvalue weighted by Gasteiger charge is 2.23. The summed E-state index contributed by atoms with van der Waals surface area (Å²) in [5.41, 5.74) is 0. The smallest absolute Gasteiger partial charge is 0.309 e. The summed E-state index contributed by atoms with van der Waals surface area (Å²) in [4.78, 5) is 2.18. The third-order valence-electron chi connectivity index (χ3n) is 6.86. The average molecular weight is 533 g/mol. The lowest BCUT2D eigenvalue weighted by molar-refractivity contribution is 0.189. The van der Waals surface area contributed by atoms with E-state index in [-0.39, 0.29) is 0 Å². The van der Waals surface area contributed by atoms with Crippen molar-refractivity contribution in [2.75, 3.05) is 40.4 Å². The first-order valence-corrected chi connectivity index (χ1v) is 17.4. The standard InChI is InChI=1S/C30H65N2O3P/c1-5-7-9-11-13-15-17-19-21-25-29-34-36(33,31-27-23-24-28-32(3)4)35-30-26-22-20-18-16-14-12-10-8-6-2/h5-30H2,1-4H3,(H,31,33). The van der Waals surface area contributed by atoms with E-state index in [9.17, 15) is 4.57 Å². The van der Waals surface area contributed by atoms with E-state index in [1.54, 1.807) is 0 Å². The highest BCUT2D eigenvalue weighted by Crippen LogP contribution is 2.44. The van der Waals surface area contributed by atoms with Crippen molar-refractivity contribution in [2.24, 2.45) is 0 Å². The molecule has 36 heavy (non-hydrogen) atoms. The molecule has 0 fully saturated rings. The highest BCUT2D eigenvalue weighted by molar-refractivity contribution is 7.51. The Morgan fingerprint density at radius 2 is 0.889 bits per heavy atom. The van der Waals surface area contributed by atoms with Gasteiger partial charge in [0.25, 0.3) is 0 Å². The van der Waals surface area contributed by atoms with Crippen molar-refractivity contribution >= 4 is 7.75 Å². The van der Waals surface area contributed by atoms with Crippen molar-refractivity contribution in [1.82, 2.24) is 9.99 Å². The molecule has 0 saturated heterocycles. The van der Waals surface area contributed by atoms with Crippen LogP contribution in [-0.2, 0) is 13.6 Å². The highest BCUT2D eigenvalue weighted by atomic mass is 31.2. The van der Waals surface area contributed by atoms with E-state index in [0.717, 1.165) is 45.1 Å². The number of hydrogen-bond donors (Lipinski definition) is 1. The molecule has 0 radical (unpaired) electrons. The molecular weight excluding hydrogens is 467 g/mol. The summed E-state index contributed by atoms with van der Waals surface area (Å²) in [7, 11) is 0.972. The topological polar surface area (TPSA) is 50.8 Å². The minimum Gasteiger partial charge on any atom is -0.309 e. The Bertz CT molecular complexity index is 447. The van der Waals surface area contributed by atoms with Crippen LogP contribution in [-0.4, -0.2) is 45.3 Å². The Labute approximate surface area is 226 Å². The fourth-order valence-corrected chi connectivity index (χ4v) is 5.87. The van der Waals surface area contributed by atoms with Crippen LogP contribution in [0.3, 0.4) is 0 Å². The quantitative estimate of drug-likeness (QED) is 0.0737. The van der Waals surface area contributed by atoms with Gasteiger partial charge in [0.1, 0.15) is 0 Å². The van der Waals surface area contributed by atoms with Gasteiger partial charge in [-0.05, 0) is 46.3 Å². The molecule has 0 aromatic heterocycles. The van der Waals surface area contributed by atoms with Crippen LogP contribution in [0, 0.1) is 0 Å². The minimum absolute atomic E-state index is 0.524. The average Bonchev–Trinajstić information content (AvgIpc) is 2.85. The summed E-state index contributed by atoms with van der Waals surface area (Å²) in [5.74, 6) is 0. The number of unbranched alkanes of at least 4 members (excludes halogenated alkanes) is 19. The molecule has 0 aromatic rings. The van der Waals surface area contributed by atoms with Crippen LogP contribution >= 0.6 is 7.75 Å². The molecule has 0 spiro atoms. The molecule has 0 aliphatic carbocycles. The van der Waals surface area contributed by atoms with Crippen LogP contribution in [0.5, 0.6) is 0 Å². The molecule has 218 valence electrons. The Morgan fingerprint density at radius 3 is 1.25 bits per heavy atom. The first kappa shape index (κ1) is 36.1. The lowest BCUT2D eigenvalue weighted by atomic mass is 10.1. The van der Waals surface area contributed by atoms with E-state index >= 15 is 0 Å². The maximum atomic E-state index is 13.3. The fourth-order valence-electron chi connectivity index (χ4n) is 4.45. The van der Waals surface area contributed by atoms with Gasteiger partial charge in [0.2, 0.25) is 0 Å². The van der Waals surface area contributed by atoms with Gasteiger partial charge in [0.05, 0.1) is 13.2 Å². The van der Waals surface area contributed by atoms with Gasteiger partial charge in [-0.15, -0.1) is 0 Å². The van der Waals surface area contributed by atoms with E-state index in [0.29, 0.717) is 19.8 Å². The van der Waals surface area contributed by atoms with E-state index < -0.39 is 7.75 Å². The lowest BCUT2D eigenvalue weighted by Crippen LogP contribution is -2.19. The maximum absolute atomic E-state index is 13.3. The van der Waals surface area contributed by atoms with Crippen molar-refractivity contribution in [1.29, 1.82) is 0 Å². The van der Waals surface area contributed by atoms with Crippen LogP contribution < -0.4 is 5.09 Å². The van der Waals surface area contributed by atoms with Crippen molar-refractivity contribution < 1.29 is 13.6 Å². The van der Waals surface area contributed by atoms with Gasteiger partial charge in [-0.1, -0.05) is 129 Å². The number of rotatable bonds is 30. The Kier molecular flexibility index (Phi) is 28.1. The number of hydrogen-bond acceptors (Lipinski definition) is 4. The van der Waals surface area contributed by atoms with E-state index in [1.165, 1.54) is 103 Å². The summed E-state index contributed by atoms with van der Waals surface area (Å²) >= 11 is 0. The van der Waals surface area contributed by atoms with Crippen LogP contribution in [0.15, 0.2) is 0 Å². The predicted octanol–water partition coefficient (Wildman–Crippen LogP) is 9.90. The molecule has 0 heterocycles. The molecule has 1 N–H and O–H groups in total. The predicted molar refractivity (Wildman–Crippen MR) is 159 cm³/mol. The van der Waals surface area contributed by atoms with Gasteiger partial charge < -0.3 is 4.90 Å². The Balaban J connectivity index is 4.00. The molecule has 0 aliphatic rings. The summed E-state index contributed by atoms with van der Waals surface area (Å²) in [6.45, 7) is 7.31. The van der Waals surface area contributed by atoms with E-state index in [1.807, 2.05) is 0 Å². The second-order valence-corrected chi connectivity index (χ2v) is 12.8. The second kappa shape index (κ2) is 28.1. The third-order valence-corrected chi connectivity index (χ3v) is 8.51. The Morgan fingerprint density at radius 1 is 0.528 bits per heavy atom. The lowest BCUT2D eigenvalue weighted by Gasteiger charge is -2.20. The van der Waals surface area contributed by atoms with Crippen LogP contribution in [0.1, 0.15) is 155 Å². The molecule has 0 rings (SSSR count). The van der Waals surface area contributed by atoms with Crippen molar-refractivity contribution in [3.05, 3.63) is 0 Å². The zero-order valence-corrected chi connectivity index (χ0v) is 25.9. The molecular formula is C30H65N2O3P. The van der Waals surface area contributed by atoms with Crippen LogP contribution in [0.4, 0.5) is 0 Å². The molecule has 0 saturated carbocycles. The van der Waals surface area contributed by atoms with Gasteiger partial charge in [-0.2, -0.15) is 0 Å². The van der Waals surface area contributed by atoms with Crippen molar-refractivity contribution in [2.45, 2.75) is 155 Å². The number of nitrogens with zero attached hydrogens (tertiary/aromatic N) is 1. The summed E-state index contributed by atoms with van der Waals surface area (Å²) in [6, 6.07) is 0. The SMILES string of the molecule is CCCCCCCCCCCCOP(=O)(NCCCCN(C)C)OCCCCCCCCCCCC. The summed E-state index contributed by atoms with van der Waals surface area (Å²) < 4.78 is 24.9. The summed E-state index contributed by atoms with van der Waals surface area (Å²) in [5, 5.41) is 3.13. The molecule has 0 aliphatic heterocycles. The maximum Gasteiger partial charge on any atom is 0.405 e. The first-order chi connectivity index (χ1) is 17.5. The van der Waals surface area contributed by atoms with E-state index in [4.69, 9.17) is 9.05 Å². The molecule has 0 aromatic carbocycles. The number of nitrogens with one attached hydrogen (secondary N) is 1. The van der Waals surface area contributed by atoms with Crippen molar-refractivity contribution in [3.63, 3.8) is 0 Å². The zero-order valence-electron chi connectivity index (χ0n) is 25.0. The Hall–Kier alpha value is 0.0700.